The number of alkyl halides is 3. The van der Waals surface area contributed by atoms with Crippen molar-refractivity contribution in [3.05, 3.63) is 64.9 Å². The van der Waals surface area contributed by atoms with Gasteiger partial charge in [0.1, 0.15) is 10.8 Å². The van der Waals surface area contributed by atoms with E-state index >= 15 is 0 Å². The first-order chi connectivity index (χ1) is 19.6. The van der Waals surface area contributed by atoms with Crippen molar-refractivity contribution < 1.29 is 27.5 Å². The molecule has 1 atom stereocenters. The van der Waals surface area contributed by atoms with Crippen LogP contribution in [0.5, 0.6) is 5.75 Å². The van der Waals surface area contributed by atoms with Crippen molar-refractivity contribution in [1.82, 2.24) is 25.4 Å². The smallest absolute Gasteiger partial charge is 0.406 e. The van der Waals surface area contributed by atoms with Crippen LogP contribution >= 0.6 is 22.7 Å². The molecule has 5 rings (SSSR count). The first kappa shape index (κ1) is 28.4. The summed E-state index contributed by atoms with van der Waals surface area (Å²) >= 11 is 2.57. The van der Waals surface area contributed by atoms with Gasteiger partial charge in [0.15, 0.2) is 0 Å². The van der Waals surface area contributed by atoms with Crippen molar-refractivity contribution in [3.63, 3.8) is 0 Å². The molecule has 214 valence electrons. The van der Waals surface area contributed by atoms with E-state index in [0.29, 0.717) is 34.6 Å². The second-order valence-corrected chi connectivity index (χ2v) is 11.1. The molecule has 1 aromatic carbocycles. The van der Waals surface area contributed by atoms with Gasteiger partial charge in [-0.15, -0.1) is 33.6 Å². The molecule has 1 unspecified atom stereocenters. The maximum atomic E-state index is 12.7. The Balaban J connectivity index is 1.14. The van der Waals surface area contributed by atoms with E-state index in [2.05, 4.69) is 35.4 Å². The summed E-state index contributed by atoms with van der Waals surface area (Å²) < 4.78 is 41.3. The highest BCUT2D eigenvalue weighted by molar-refractivity contribution is 7.19. The van der Waals surface area contributed by atoms with Crippen LogP contribution in [0.15, 0.2) is 48.7 Å². The van der Waals surface area contributed by atoms with Gasteiger partial charge in [0.05, 0.1) is 12.8 Å². The average Bonchev–Trinajstić information content (AvgIpc) is 3.69. The van der Waals surface area contributed by atoms with Gasteiger partial charge in [-0.3, -0.25) is 19.5 Å². The Labute approximate surface area is 240 Å². The van der Waals surface area contributed by atoms with E-state index < -0.39 is 18.0 Å². The van der Waals surface area contributed by atoms with Crippen LogP contribution in [-0.4, -0.2) is 63.7 Å². The van der Waals surface area contributed by atoms with Crippen molar-refractivity contribution >= 4 is 49.9 Å². The number of hydrogen-bond acceptors (Lipinski definition) is 11. The zero-order valence-corrected chi connectivity index (χ0v) is 23.2. The number of anilines is 3. The third-order valence-electron chi connectivity index (χ3n) is 6.11. The van der Waals surface area contributed by atoms with Gasteiger partial charge < -0.3 is 15.0 Å². The first-order valence-corrected chi connectivity index (χ1v) is 14.0. The van der Waals surface area contributed by atoms with Crippen molar-refractivity contribution in [3.8, 4) is 5.75 Å². The van der Waals surface area contributed by atoms with Crippen molar-refractivity contribution in [2.75, 3.05) is 35.3 Å². The summed E-state index contributed by atoms with van der Waals surface area (Å²) in [6.45, 7) is 1.32. The highest BCUT2D eigenvalue weighted by Crippen LogP contribution is 2.36. The topological polar surface area (TPSA) is 126 Å². The van der Waals surface area contributed by atoms with Crippen molar-refractivity contribution in [1.29, 1.82) is 0 Å². The maximum absolute atomic E-state index is 12.7. The van der Waals surface area contributed by atoms with Crippen LogP contribution in [0.2, 0.25) is 0 Å². The lowest BCUT2D eigenvalue weighted by Crippen LogP contribution is -2.28. The molecule has 0 saturated carbocycles. The van der Waals surface area contributed by atoms with E-state index in [0.717, 1.165) is 17.5 Å². The largest absolute Gasteiger partial charge is 0.573 e. The van der Waals surface area contributed by atoms with Gasteiger partial charge in [-0.25, -0.2) is 0 Å². The summed E-state index contributed by atoms with van der Waals surface area (Å²) in [6.07, 6.45) is -2.36. The normalized spacial score (nSPS) is 15.1. The fourth-order valence-corrected chi connectivity index (χ4v) is 5.88. The number of halogens is 3. The maximum Gasteiger partial charge on any atom is 0.573 e. The summed E-state index contributed by atoms with van der Waals surface area (Å²) in [7, 11) is 1.67. The number of rotatable bonds is 9. The third kappa shape index (κ3) is 7.52. The zero-order valence-electron chi connectivity index (χ0n) is 21.5. The lowest BCUT2D eigenvalue weighted by atomic mass is 10.1. The number of nitrogens with zero attached hydrogens (tertiary/aromatic N) is 7. The monoisotopic (exact) mass is 604 g/mol. The molecule has 0 bridgehead atoms. The molecule has 4 aromatic rings. The Morgan fingerprint density at radius 3 is 2.73 bits per heavy atom. The number of carbonyl (C=O) groups is 2. The third-order valence-corrected chi connectivity index (χ3v) is 8.18. The average molecular weight is 605 g/mol. The highest BCUT2D eigenvalue weighted by atomic mass is 32.1. The molecule has 16 heteroatoms. The Hall–Kier alpha value is -4.18. The summed E-state index contributed by atoms with van der Waals surface area (Å²) in [4.78, 5) is 32.8. The Morgan fingerprint density at radius 2 is 1.95 bits per heavy atom. The number of likely N-dealkylation sites (N-methyl/N-ethyl adjacent to an activating group) is 1. The van der Waals surface area contributed by atoms with Gasteiger partial charge in [-0.2, -0.15) is 0 Å². The van der Waals surface area contributed by atoms with E-state index in [1.807, 2.05) is 11.0 Å². The molecular weight excluding hydrogens is 581 g/mol. The molecule has 11 nitrogen and oxygen atoms in total. The number of hydrogen-bond donors (Lipinski definition) is 1. The van der Waals surface area contributed by atoms with Crippen LogP contribution < -0.4 is 19.9 Å². The molecule has 1 N–H and O–H groups in total. The Morgan fingerprint density at radius 1 is 1.10 bits per heavy atom. The molecule has 1 aliphatic heterocycles. The van der Waals surface area contributed by atoms with Crippen LogP contribution in [0.4, 0.5) is 28.6 Å². The van der Waals surface area contributed by atoms with E-state index in [1.54, 1.807) is 25.4 Å². The predicted molar refractivity (Wildman–Crippen MR) is 146 cm³/mol. The fraction of sp³-hybridized carbons (Fsp3) is 0.320. The standard InChI is InChI=1S/C25H23F3N8O3S2/c1-35(20(38)13-17-6-2-3-9-29-17)23-33-31-21(40-23)16-8-10-36(14-16)24-34-32-22(41-24)30-19(37)12-15-5-4-7-18(11-15)39-25(26,27)28/h2-7,9,11,16H,8,10,12-14H2,1H3,(H,30,32,37). The highest BCUT2D eigenvalue weighted by Gasteiger charge is 2.32. The molecular formula is C25H23F3N8O3S2. The molecule has 3 aromatic heterocycles. The van der Waals surface area contributed by atoms with E-state index in [9.17, 15) is 22.8 Å². The number of carbonyl (C=O) groups excluding carboxylic acids is 2. The van der Waals surface area contributed by atoms with Gasteiger partial charge in [0.2, 0.25) is 27.2 Å². The van der Waals surface area contributed by atoms with Crippen LogP contribution in [0.3, 0.4) is 0 Å². The number of pyridine rings is 1. The van der Waals surface area contributed by atoms with Gasteiger partial charge in [0.25, 0.3) is 0 Å². The molecule has 0 radical (unpaired) electrons. The van der Waals surface area contributed by atoms with Gasteiger partial charge in [0, 0.05) is 37.9 Å². The quantitative estimate of drug-likeness (QED) is 0.301. The second-order valence-electron chi connectivity index (χ2n) is 9.12. The predicted octanol–water partition coefficient (Wildman–Crippen LogP) is 4.06. The number of ether oxygens (including phenoxy) is 1. The first-order valence-electron chi connectivity index (χ1n) is 12.4. The Kier molecular flexibility index (Phi) is 8.39. The molecule has 41 heavy (non-hydrogen) atoms. The summed E-state index contributed by atoms with van der Waals surface area (Å²) in [5.41, 5.74) is 1.04. The number of nitrogens with one attached hydrogen (secondary N) is 1. The van der Waals surface area contributed by atoms with Gasteiger partial charge in [-0.05, 0) is 36.2 Å². The van der Waals surface area contributed by atoms with Crippen LogP contribution in [-0.2, 0) is 22.4 Å². The lowest BCUT2D eigenvalue weighted by molar-refractivity contribution is -0.274. The molecule has 1 saturated heterocycles. The van der Waals surface area contributed by atoms with Crippen LogP contribution in [0, 0.1) is 0 Å². The molecule has 1 fully saturated rings. The summed E-state index contributed by atoms with van der Waals surface area (Å²) in [5, 5.41) is 21.6. The summed E-state index contributed by atoms with van der Waals surface area (Å²) in [6, 6.07) is 10.7. The molecule has 4 heterocycles. The van der Waals surface area contributed by atoms with E-state index in [4.69, 9.17) is 0 Å². The van der Waals surface area contributed by atoms with Crippen LogP contribution in [0.1, 0.15) is 28.6 Å². The van der Waals surface area contributed by atoms with Crippen molar-refractivity contribution in [2.45, 2.75) is 31.5 Å². The molecule has 0 spiro atoms. The van der Waals surface area contributed by atoms with Crippen LogP contribution in [0.25, 0.3) is 0 Å². The Bertz CT molecular complexity index is 1520. The lowest BCUT2D eigenvalue weighted by Gasteiger charge is -2.13. The minimum Gasteiger partial charge on any atom is -0.406 e. The molecule has 0 aliphatic carbocycles. The SMILES string of the molecule is CN(C(=O)Cc1ccccn1)c1nnc(C2CCN(c3nnc(NC(=O)Cc4cccc(OC(F)(F)F)c4)s3)C2)s1. The second kappa shape index (κ2) is 12.1. The van der Waals surface area contributed by atoms with Gasteiger partial charge >= 0.3 is 6.36 Å². The number of aromatic nitrogens is 5. The van der Waals surface area contributed by atoms with Gasteiger partial charge in [-0.1, -0.05) is 40.9 Å². The summed E-state index contributed by atoms with van der Waals surface area (Å²) in [5.74, 6) is -0.881. The molecule has 1 aliphatic rings. The zero-order chi connectivity index (χ0) is 29.0. The van der Waals surface area contributed by atoms with Crippen molar-refractivity contribution in [2.24, 2.45) is 0 Å². The minimum atomic E-state index is -4.81. The minimum absolute atomic E-state index is 0.0914. The number of amides is 2. The van der Waals surface area contributed by atoms with E-state index in [1.165, 1.54) is 45.8 Å². The number of benzene rings is 1. The molecule has 2 amide bonds. The van der Waals surface area contributed by atoms with E-state index in [-0.39, 0.29) is 29.8 Å². The fourth-order valence-electron chi connectivity index (χ4n) is 4.14.